The fourth-order valence-electron chi connectivity index (χ4n) is 5.26. The zero-order valence-corrected chi connectivity index (χ0v) is 21.1. The highest BCUT2D eigenvalue weighted by Gasteiger charge is 2.18. The van der Waals surface area contributed by atoms with Crippen LogP contribution in [-0.2, 0) is 4.74 Å². The van der Waals surface area contributed by atoms with E-state index >= 15 is 0 Å². The second kappa shape index (κ2) is 11.3. The maximum Gasteiger partial charge on any atom is 0.0681 e. The fourth-order valence-corrected chi connectivity index (χ4v) is 5.26. The Balaban J connectivity index is 1.20. The SMILES string of the molecule is CC(C)c1ccc(C2CC=C(COCC3=CCC(c4ccc(C(C)C)cc4)CC3)CC2)cc1. The predicted molar refractivity (Wildman–Crippen MR) is 141 cm³/mol. The Labute approximate surface area is 202 Å². The molecule has 0 N–H and O–H groups in total. The van der Waals surface area contributed by atoms with Gasteiger partial charge in [0.15, 0.2) is 0 Å². The number of allylic oxidation sites excluding steroid dienone is 2. The van der Waals surface area contributed by atoms with Gasteiger partial charge in [-0.1, -0.05) is 88.4 Å². The van der Waals surface area contributed by atoms with E-state index in [1.54, 1.807) is 0 Å². The molecule has 0 saturated heterocycles. The molecule has 2 atom stereocenters. The van der Waals surface area contributed by atoms with Gasteiger partial charge in [0.2, 0.25) is 0 Å². The van der Waals surface area contributed by atoms with Gasteiger partial charge in [-0.25, -0.2) is 0 Å². The molecule has 0 spiro atoms. The van der Waals surface area contributed by atoms with Crippen LogP contribution < -0.4 is 0 Å². The number of benzene rings is 2. The lowest BCUT2D eigenvalue weighted by Gasteiger charge is -2.24. The van der Waals surface area contributed by atoms with Crippen molar-refractivity contribution in [2.45, 2.75) is 89.9 Å². The number of rotatable bonds is 8. The van der Waals surface area contributed by atoms with Crippen LogP contribution in [0.15, 0.2) is 71.8 Å². The Morgan fingerprint density at radius 2 is 1.03 bits per heavy atom. The summed E-state index contributed by atoms with van der Waals surface area (Å²) >= 11 is 0. The first-order valence-electron chi connectivity index (χ1n) is 13.1. The fraction of sp³-hybridized carbons (Fsp3) is 0.500. The van der Waals surface area contributed by atoms with Gasteiger partial charge < -0.3 is 4.74 Å². The van der Waals surface area contributed by atoms with E-state index < -0.39 is 0 Å². The molecule has 0 heterocycles. The summed E-state index contributed by atoms with van der Waals surface area (Å²) in [4.78, 5) is 0. The van der Waals surface area contributed by atoms with Gasteiger partial charge in [-0.05, 0) is 95.6 Å². The van der Waals surface area contributed by atoms with E-state index in [1.165, 1.54) is 59.1 Å². The lowest BCUT2D eigenvalue weighted by molar-refractivity contribution is 0.172. The maximum absolute atomic E-state index is 6.14. The van der Waals surface area contributed by atoms with Crippen LogP contribution in [0.1, 0.15) is 112 Å². The molecule has 0 aromatic heterocycles. The third kappa shape index (κ3) is 6.48. The molecular formula is C32H42O. The molecular weight excluding hydrogens is 400 g/mol. The minimum Gasteiger partial charge on any atom is -0.373 e. The van der Waals surface area contributed by atoms with E-state index in [2.05, 4.69) is 88.4 Å². The topological polar surface area (TPSA) is 9.23 Å². The molecule has 1 heteroatoms. The summed E-state index contributed by atoms with van der Waals surface area (Å²) in [5, 5.41) is 0. The van der Waals surface area contributed by atoms with Crippen LogP contribution >= 0.6 is 0 Å². The van der Waals surface area contributed by atoms with E-state index in [4.69, 9.17) is 4.74 Å². The van der Waals surface area contributed by atoms with Gasteiger partial charge in [0.05, 0.1) is 13.2 Å². The second-order valence-corrected chi connectivity index (χ2v) is 10.8. The van der Waals surface area contributed by atoms with Crippen LogP contribution in [0, 0.1) is 0 Å². The molecule has 0 fully saturated rings. The van der Waals surface area contributed by atoms with Crippen molar-refractivity contribution in [2.75, 3.05) is 13.2 Å². The highest BCUT2D eigenvalue weighted by molar-refractivity contribution is 5.30. The minimum atomic E-state index is 0.607. The van der Waals surface area contributed by atoms with Crippen LogP contribution in [0.5, 0.6) is 0 Å². The van der Waals surface area contributed by atoms with Crippen molar-refractivity contribution in [1.29, 1.82) is 0 Å². The molecule has 0 radical (unpaired) electrons. The molecule has 0 bridgehead atoms. The van der Waals surface area contributed by atoms with Gasteiger partial charge in [0.1, 0.15) is 0 Å². The first-order valence-corrected chi connectivity index (χ1v) is 13.1. The lowest BCUT2D eigenvalue weighted by Crippen LogP contribution is -2.11. The molecule has 0 saturated carbocycles. The van der Waals surface area contributed by atoms with Crippen molar-refractivity contribution in [3.05, 3.63) is 94.1 Å². The summed E-state index contributed by atoms with van der Waals surface area (Å²) in [5.41, 5.74) is 8.85. The zero-order chi connectivity index (χ0) is 23.2. The van der Waals surface area contributed by atoms with Crippen molar-refractivity contribution in [3.8, 4) is 0 Å². The molecule has 1 nitrogen and oxygen atoms in total. The molecule has 2 unspecified atom stereocenters. The van der Waals surface area contributed by atoms with Gasteiger partial charge in [0, 0.05) is 0 Å². The van der Waals surface area contributed by atoms with E-state index in [0.29, 0.717) is 23.7 Å². The highest BCUT2D eigenvalue weighted by Crippen LogP contribution is 2.34. The average molecular weight is 443 g/mol. The van der Waals surface area contributed by atoms with Gasteiger partial charge in [-0.3, -0.25) is 0 Å². The van der Waals surface area contributed by atoms with Gasteiger partial charge in [-0.15, -0.1) is 0 Å². The zero-order valence-electron chi connectivity index (χ0n) is 21.1. The third-order valence-corrected chi connectivity index (χ3v) is 7.73. The Kier molecular flexibility index (Phi) is 8.25. The molecule has 2 aromatic rings. The van der Waals surface area contributed by atoms with Gasteiger partial charge in [-0.2, -0.15) is 0 Å². The molecule has 0 amide bonds. The molecule has 2 aliphatic carbocycles. The normalized spacial score (nSPS) is 21.3. The summed E-state index contributed by atoms with van der Waals surface area (Å²) in [6.45, 7) is 10.7. The smallest absolute Gasteiger partial charge is 0.0681 e. The van der Waals surface area contributed by atoms with Crippen molar-refractivity contribution in [2.24, 2.45) is 0 Å². The van der Waals surface area contributed by atoms with Crippen molar-refractivity contribution >= 4 is 0 Å². The number of hydrogen-bond acceptors (Lipinski definition) is 1. The number of ether oxygens (including phenoxy) is 1. The van der Waals surface area contributed by atoms with Crippen LogP contribution in [0.3, 0.4) is 0 Å². The first kappa shape index (κ1) is 24.0. The second-order valence-electron chi connectivity index (χ2n) is 10.8. The van der Waals surface area contributed by atoms with Crippen molar-refractivity contribution in [3.63, 3.8) is 0 Å². The van der Waals surface area contributed by atoms with Crippen molar-refractivity contribution in [1.82, 2.24) is 0 Å². The van der Waals surface area contributed by atoms with Gasteiger partial charge in [0.25, 0.3) is 0 Å². The summed E-state index contributed by atoms with van der Waals surface area (Å²) < 4.78 is 6.14. The van der Waals surface area contributed by atoms with Gasteiger partial charge >= 0.3 is 0 Å². The molecule has 0 aliphatic heterocycles. The molecule has 4 rings (SSSR count). The Morgan fingerprint density at radius 1 is 0.636 bits per heavy atom. The Hall–Kier alpha value is -2.12. The summed E-state index contributed by atoms with van der Waals surface area (Å²) in [6, 6.07) is 18.6. The summed E-state index contributed by atoms with van der Waals surface area (Å²) in [6.07, 6.45) is 12.0. The maximum atomic E-state index is 6.14. The highest BCUT2D eigenvalue weighted by atomic mass is 16.5. The molecule has 33 heavy (non-hydrogen) atoms. The first-order chi connectivity index (χ1) is 16.0. The van der Waals surface area contributed by atoms with E-state index in [1.807, 2.05) is 0 Å². The average Bonchev–Trinajstić information content (AvgIpc) is 2.85. The van der Waals surface area contributed by atoms with Crippen molar-refractivity contribution < 1.29 is 4.74 Å². The predicted octanol–water partition coefficient (Wildman–Crippen LogP) is 9.04. The number of hydrogen-bond donors (Lipinski definition) is 0. The Bertz CT molecular complexity index is 864. The van der Waals surface area contributed by atoms with E-state index in [0.717, 1.165) is 26.1 Å². The third-order valence-electron chi connectivity index (χ3n) is 7.73. The van der Waals surface area contributed by atoms with Crippen LogP contribution in [0.2, 0.25) is 0 Å². The monoisotopic (exact) mass is 442 g/mol. The van der Waals surface area contributed by atoms with Crippen LogP contribution in [-0.4, -0.2) is 13.2 Å². The molecule has 2 aromatic carbocycles. The summed E-state index contributed by atoms with van der Waals surface area (Å²) in [5.74, 6) is 2.55. The van der Waals surface area contributed by atoms with Crippen LogP contribution in [0.4, 0.5) is 0 Å². The summed E-state index contributed by atoms with van der Waals surface area (Å²) in [7, 11) is 0. The minimum absolute atomic E-state index is 0.607. The quantitative estimate of drug-likeness (QED) is 0.370. The van der Waals surface area contributed by atoms with E-state index in [-0.39, 0.29) is 0 Å². The Morgan fingerprint density at radius 3 is 1.33 bits per heavy atom. The molecule has 2 aliphatic rings. The largest absolute Gasteiger partial charge is 0.373 e. The standard InChI is InChI=1S/C32H42O/c1-23(2)27-13-17-31(18-14-27)29-9-5-25(6-10-29)21-33-22-26-7-11-30(12-8-26)32-19-15-28(16-20-32)24(3)4/h5,7,13-20,23-24,29-30H,6,8-12,21-22H2,1-4H3. The lowest BCUT2D eigenvalue weighted by atomic mass is 9.84. The van der Waals surface area contributed by atoms with E-state index in [9.17, 15) is 0 Å². The van der Waals surface area contributed by atoms with Crippen LogP contribution in [0.25, 0.3) is 0 Å². The molecule has 176 valence electrons.